The highest BCUT2D eigenvalue weighted by molar-refractivity contribution is 5.90. The average molecular weight is 271 g/mol. The minimum Gasteiger partial charge on any atom is -0.479 e. The standard InChI is InChI=1S/C14H25NO4/c1-6-9(3)11(16)15-14(12(17)18)8-10(19-7-2)13(14,4)5/h9-10H,6-8H2,1-5H3,(H,15,16)(H,17,18). The number of carbonyl (C=O) groups excluding carboxylic acids is 1. The number of carboxylic acids is 1. The number of hydrogen-bond donors (Lipinski definition) is 2. The summed E-state index contributed by atoms with van der Waals surface area (Å²) >= 11 is 0. The molecule has 0 aromatic rings. The minimum absolute atomic E-state index is 0.133. The normalized spacial score (nSPS) is 30.3. The molecule has 0 spiro atoms. The van der Waals surface area contributed by atoms with Crippen LogP contribution in [0.15, 0.2) is 0 Å². The largest absolute Gasteiger partial charge is 0.479 e. The zero-order chi connectivity index (χ0) is 14.8. The summed E-state index contributed by atoms with van der Waals surface area (Å²) in [6, 6.07) is 0. The van der Waals surface area contributed by atoms with Crippen LogP contribution in [0.3, 0.4) is 0 Å². The lowest BCUT2D eigenvalue weighted by atomic mass is 9.54. The monoisotopic (exact) mass is 271 g/mol. The van der Waals surface area contributed by atoms with E-state index in [9.17, 15) is 14.7 Å². The van der Waals surface area contributed by atoms with E-state index in [-0.39, 0.29) is 17.9 Å². The summed E-state index contributed by atoms with van der Waals surface area (Å²) in [4.78, 5) is 23.7. The SMILES string of the molecule is CCOC1CC(NC(=O)C(C)CC)(C(=O)O)C1(C)C. The molecule has 0 bridgehead atoms. The van der Waals surface area contributed by atoms with Crippen LogP contribution in [-0.2, 0) is 14.3 Å². The van der Waals surface area contributed by atoms with Crippen molar-refractivity contribution < 1.29 is 19.4 Å². The molecular weight excluding hydrogens is 246 g/mol. The molecule has 0 aromatic carbocycles. The number of aliphatic carboxylic acids is 1. The maximum Gasteiger partial charge on any atom is 0.330 e. The molecule has 110 valence electrons. The smallest absolute Gasteiger partial charge is 0.330 e. The molecule has 0 radical (unpaired) electrons. The molecule has 19 heavy (non-hydrogen) atoms. The molecule has 0 saturated heterocycles. The van der Waals surface area contributed by atoms with Gasteiger partial charge in [-0.2, -0.15) is 0 Å². The van der Waals surface area contributed by atoms with E-state index in [1.165, 1.54) is 0 Å². The maximum atomic E-state index is 12.0. The van der Waals surface area contributed by atoms with Gasteiger partial charge in [0, 0.05) is 24.4 Å². The molecule has 1 saturated carbocycles. The second-order valence-corrected chi connectivity index (χ2v) is 5.88. The molecule has 1 aliphatic carbocycles. The quantitative estimate of drug-likeness (QED) is 0.772. The van der Waals surface area contributed by atoms with Crippen molar-refractivity contribution in [1.82, 2.24) is 5.32 Å². The van der Waals surface area contributed by atoms with Crippen LogP contribution in [0.25, 0.3) is 0 Å². The van der Waals surface area contributed by atoms with Crippen LogP contribution in [0.1, 0.15) is 47.5 Å². The summed E-state index contributed by atoms with van der Waals surface area (Å²) in [5, 5.41) is 12.3. The van der Waals surface area contributed by atoms with Crippen molar-refractivity contribution in [2.24, 2.45) is 11.3 Å². The van der Waals surface area contributed by atoms with E-state index >= 15 is 0 Å². The van der Waals surface area contributed by atoms with Crippen molar-refractivity contribution in [3.05, 3.63) is 0 Å². The van der Waals surface area contributed by atoms with Gasteiger partial charge in [-0.25, -0.2) is 4.79 Å². The Morgan fingerprint density at radius 3 is 2.37 bits per heavy atom. The number of hydrogen-bond acceptors (Lipinski definition) is 3. The number of nitrogens with one attached hydrogen (secondary N) is 1. The second kappa shape index (κ2) is 5.49. The van der Waals surface area contributed by atoms with Crippen molar-refractivity contribution in [2.75, 3.05) is 6.61 Å². The lowest BCUT2D eigenvalue weighted by Gasteiger charge is -2.58. The van der Waals surface area contributed by atoms with Gasteiger partial charge in [0.15, 0.2) is 0 Å². The van der Waals surface area contributed by atoms with E-state index in [4.69, 9.17) is 4.74 Å². The molecule has 1 amide bonds. The third kappa shape index (κ3) is 2.48. The van der Waals surface area contributed by atoms with E-state index < -0.39 is 16.9 Å². The Hall–Kier alpha value is -1.10. The van der Waals surface area contributed by atoms with Crippen LogP contribution in [0.5, 0.6) is 0 Å². The topological polar surface area (TPSA) is 75.6 Å². The molecule has 5 heteroatoms. The molecular formula is C14H25NO4. The Kier molecular flexibility index (Phi) is 4.61. The molecule has 5 nitrogen and oxygen atoms in total. The number of amides is 1. The third-order valence-electron chi connectivity index (χ3n) is 4.53. The Bertz CT molecular complexity index is 366. The van der Waals surface area contributed by atoms with Crippen molar-refractivity contribution in [3.8, 4) is 0 Å². The molecule has 0 heterocycles. The van der Waals surface area contributed by atoms with Crippen LogP contribution < -0.4 is 5.32 Å². The summed E-state index contributed by atoms with van der Waals surface area (Å²) in [6.07, 6.45) is 0.883. The van der Waals surface area contributed by atoms with E-state index in [1.54, 1.807) is 6.92 Å². The zero-order valence-electron chi connectivity index (χ0n) is 12.4. The van der Waals surface area contributed by atoms with Gasteiger partial charge in [-0.3, -0.25) is 4.79 Å². The minimum atomic E-state index is -1.21. The Morgan fingerprint density at radius 2 is 2.00 bits per heavy atom. The highest BCUT2D eigenvalue weighted by atomic mass is 16.5. The predicted octanol–water partition coefficient (Wildman–Crippen LogP) is 1.81. The van der Waals surface area contributed by atoms with Crippen molar-refractivity contribution in [1.29, 1.82) is 0 Å². The fraction of sp³-hybridized carbons (Fsp3) is 0.857. The molecule has 0 aromatic heterocycles. The number of carboxylic acid groups (broad SMARTS) is 1. The van der Waals surface area contributed by atoms with Crippen LogP contribution >= 0.6 is 0 Å². The maximum absolute atomic E-state index is 12.0. The van der Waals surface area contributed by atoms with Crippen LogP contribution in [-0.4, -0.2) is 35.2 Å². The fourth-order valence-electron chi connectivity index (χ4n) is 2.56. The van der Waals surface area contributed by atoms with E-state index in [0.717, 1.165) is 0 Å². The van der Waals surface area contributed by atoms with Gasteiger partial charge in [0.1, 0.15) is 5.54 Å². The third-order valence-corrected chi connectivity index (χ3v) is 4.53. The summed E-state index contributed by atoms with van der Waals surface area (Å²) in [5.74, 6) is -1.36. The van der Waals surface area contributed by atoms with Gasteiger partial charge in [-0.15, -0.1) is 0 Å². The lowest BCUT2D eigenvalue weighted by molar-refractivity contribution is -0.195. The van der Waals surface area contributed by atoms with Crippen molar-refractivity contribution in [3.63, 3.8) is 0 Å². The van der Waals surface area contributed by atoms with Gasteiger partial charge < -0.3 is 15.2 Å². The molecule has 3 unspecified atom stereocenters. The van der Waals surface area contributed by atoms with Gasteiger partial charge in [0.2, 0.25) is 5.91 Å². The molecule has 2 N–H and O–H groups in total. The van der Waals surface area contributed by atoms with E-state index in [0.29, 0.717) is 19.4 Å². The first-order valence-electron chi connectivity index (χ1n) is 6.90. The summed E-state index contributed by atoms with van der Waals surface area (Å²) in [5.41, 5.74) is -1.83. The molecule has 0 aliphatic heterocycles. The summed E-state index contributed by atoms with van der Waals surface area (Å²) < 4.78 is 5.55. The van der Waals surface area contributed by atoms with E-state index in [1.807, 2.05) is 27.7 Å². The molecule has 1 aliphatic rings. The van der Waals surface area contributed by atoms with Crippen molar-refractivity contribution >= 4 is 11.9 Å². The summed E-state index contributed by atoms with van der Waals surface area (Å²) in [7, 11) is 0. The molecule has 1 fully saturated rings. The van der Waals surface area contributed by atoms with Gasteiger partial charge >= 0.3 is 5.97 Å². The molecule has 1 rings (SSSR count). The second-order valence-electron chi connectivity index (χ2n) is 5.88. The van der Waals surface area contributed by atoms with E-state index in [2.05, 4.69) is 5.32 Å². The Morgan fingerprint density at radius 1 is 1.42 bits per heavy atom. The highest BCUT2D eigenvalue weighted by Gasteiger charge is 2.66. The predicted molar refractivity (Wildman–Crippen MR) is 71.8 cm³/mol. The first-order valence-corrected chi connectivity index (χ1v) is 6.90. The van der Waals surface area contributed by atoms with Crippen LogP contribution in [0.4, 0.5) is 0 Å². The van der Waals surface area contributed by atoms with Crippen LogP contribution in [0, 0.1) is 11.3 Å². The van der Waals surface area contributed by atoms with Crippen molar-refractivity contribution in [2.45, 2.75) is 59.1 Å². The number of carbonyl (C=O) groups is 2. The fourth-order valence-corrected chi connectivity index (χ4v) is 2.56. The first kappa shape index (κ1) is 16.0. The number of rotatable bonds is 6. The van der Waals surface area contributed by atoms with Gasteiger partial charge in [0.05, 0.1) is 6.10 Å². The van der Waals surface area contributed by atoms with Gasteiger partial charge in [-0.05, 0) is 13.3 Å². The van der Waals surface area contributed by atoms with Gasteiger partial charge in [0.25, 0.3) is 0 Å². The average Bonchev–Trinajstić information content (AvgIpc) is 2.35. The number of ether oxygens (including phenoxy) is 1. The highest BCUT2D eigenvalue weighted by Crippen LogP contribution is 2.51. The first-order chi connectivity index (χ1) is 8.72. The summed E-state index contributed by atoms with van der Waals surface area (Å²) in [6.45, 7) is 9.81. The van der Waals surface area contributed by atoms with Crippen LogP contribution in [0.2, 0.25) is 0 Å². The Balaban J connectivity index is 2.91. The Labute approximate surface area is 114 Å². The zero-order valence-corrected chi connectivity index (χ0v) is 12.4. The lowest BCUT2D eigenvalue weighted by Crippen LogP contribution is -2.76. The molecule has 3 atom stereocenters. The van der Waals surface area contributed by atoms with Gasteiger partial charge in [-0.1, -0.05) is 27.7 Å².